The number of allylic oxidation sites excluding steroid dienone is 2. The normalized spacial score (nSPS) is 46.7. The van der Waals surface area contributed by atoms with E-state index in [1.165, 1.54) is 50.7 Å². The summed E-state index contributed by atoms with van der Waals surface area (Å²) in [4.78, 5) is 5.90. The van der Waals surface area contributed by atoms with Crippen molar-refractivity contribution in [3.8, 4) is 0 Å². The molecule has 4 heteroatoms. The molecule has 3 N–H and O–H groups in total. The molecular formula is C25H40N2O2. The van der Waals surface area contributed by atoms with Crippen LogP contribution in [0.1, 0.15) is 85.5 Å². The molecule has 6 atom stereocenters. The molecule has 0 radical (unpaired) electrons. The molecule has 4 saturated carbocycles. The van der Waals surface area contributed by atoms with Crippen LogP contribution in [0.2, 0.25) is 0 Å². The first-order valence-electron chi connectivity index (χ1n) is 12.0. The Hall–Kier alpha value is -0.870. The lowest BCUT2D eigenvalue weighted by atomic mass is 9.46. The van der Waals surface area contributed by atoms with Crippen LogP contribution in [0.4, 0.5) is 0 Å². The van der Waals surface area contributed by atoms with Crippen LogP contribution in [0.15, 0.2) is 16.8 Å². The van der Waals surface area contributed by atoms with E-state index in [0.717, 1.165) is 24.7 Å². The number of fused-ring (bicyclic) bond motifs is 6. The van der Waals surface area contributed by atoms with Gasteiger partial charge in [-0.05, 0) is 100 Å². The standard InChI is InChI=1S/C25H40N2O2/c1-22(2,15-26)29-27-20-10-12-23(3)18-9-11-24(4)17(6-8-21(24)28)16(18)5-7-19(23)25(20)13-14-25/h7,16-18,21,28H,5-6,8-15,26H2,1-4H3/b27-20-/t16-,17-,18-,21-,23+,24-/m0/s1. The van der Waals surface area contributed by atoms with Crippen molar-refractivity contribution in [3.63, 3.8) is 0 Å². The fourth-order valence-electron chi connectivity index (χ4n) is 7.93. The molecule has 4 fully saturated rings. The van der Waals surface area contributed by atoms with Crippen LogP contribution in [0.25, 0.3) is 0 Å². The van der Waals surface area contributed by atoms with Gasteiger partial charge in [-0.1, -0.05) is 30.7 Å². The number of aliphatic hydroxyl groups excluding tert-OH is 1. The first kappa shape index (κ1) is 20.1. The molecule has 5 aliphatic carbocycles. The molecule has 5 aliphatic rings. The van der Waals surface area contributed by atoms with Crippen LogP contribution < -0.4 is 5.73 Å². The van der Waals surface area contributed by atoms with Crippen molar-refractivity contribution in [1.82, 2.24) is 0 Å². The average molecular weight is 401 g/mol. The molecule has 0 aromatic heterocycles. The summed E-state index contributed by atoms with van der Waals surface area (Å²) in [6, 6.07) is 0. The SMILES string of the molecule is CC(C)(CN)O/N=C1/CC[C@@]2(C)C(=CC[C@H]3[C@@H]4CC[C@H](O)[C@@]4(C)CC[C@@H]32)C12CC2. The number of nitrogens with two attached hydrogens (primary N) is 1. The van der Waals surface area contributed by atoms with E-state index < -0.39 is 5.60 Å². The molecular weight excluding hydrogens is 360 g/mol. The fraction of sp³-hybridized carbons (Fsp3) is 0.880. The van der Waals surface area contributed by atoms with E-state index >= 15 is 0 Å². The summed E-state index contributed by atoms with van der Waals surface area (Å²) >= 11 is 0. The van der Waals surface area contributed by atoms with E-state index in [9.17, 15) is 5.11 Å². The highest BCUT2D eigenvalue weighted by molar-refractivity contribution is 5.96. The number of hydrogen-bond donors (Lipinski definition) is 2. The summed E-state index contributed by atoms with van der Waals surface area (Å²) in [5, 5.41) is 15.4. The number of rotatable bonds is 3. The van der Waals surface area contributed by atoms with Gasteiger partial charge < -0.3 is 15.7 Å². The monoisotopic (exact) mass is 400 g/mol. The highest BCUT2D eigenvalue weighted by Crippen LogP contribution is 2.71. The summed E-state index contributed by atoms with van der Waals surface area (Å²) in [6.07, 6.45) is 13.2. The third kappa shape index (κ3) is 2.74. The van der Waals surface area contributed by atoms with Gasteiger partial charge in [0, 0.05) is 12.0 Å². The van der Waals surface area contributed by atoms with E-state index in [0.29, 0.717) is 17.9 Å². The Kier molecular flexibility index (Phi) is 4.37. The second kappa shape index (κ2) is 6.32. The zero-order valence-electron chi connectivity index (χ0n) is 18.8. The van der Waals surface area contributed by atoms with Gasteiger partial charge in [0.05, 0.1) is 11.8 Å². The molecule has 0 unspecified atom stereocenters. The van der Waals surface area contributed by atoms with Gasteiger partial charge in [0.2, 0.25) is 0 Å². The van der Waals surface area contributed by atoms with Crippen molar-refractivity contribution in [2.24, 2.45) is 44.9 Å². The minimum Gasteiger partial charge on any atom is -0.393 e. The molecule has 4 nitrogen and oxygen atoms in total. The second-order valence-corrected chi connectivity index (χ2v) is 12.0. The Morgan fingerprint density at radius 3 is 2.59 bits per heavy atom. The van der Waals surface area contributed by atoms with Crippen LogP contribution >= 0.6 is 0 Å². The van der Waals surface area contributed by atoms with Gasteiger partial charge >= 0.3 is 0 Å². The van der Waals surface area contributed by atoms with Gasteiger partial charge in [0.15, 0.2) is 0 Å². The topological polar surface area (TPSA) is 67.8 Å². The molecule has 0 heterocycles. The van der Waals surface area contributed by atoms with E-state index in [2.05, 4.69) is 19.9 Å². The number of nitrogens with zero attached hydrogens (tertiary/aromatic N) is 1. The molecule has 0 aromatic rings. The summed E-state index contributed by atoms with van der Waals surface area (Å²) in [5.74, 6) is 2.22. The molecule has 1 spiro atoms. The maximum Gasteiger partial charge on any atom is 0.144 e. The third-order valence-corrected chi connectivity index (χ3v) is 10.0. The maximum absolute atomic E-state index is 10.7. The van der Waals surface area contributed by atoms with Crippen molar-refractivity contribution in [1.29, 1.82) is 0 Å². The predicted octanol–water partition coefficient (Wildman–Crippen LogP) is 4.81. The molecule has 0 aromatic carbocycles. The van der Waals surface area contributed by atoms with Gasteiger partial charge in [-0.15, -0.1) is 0 Å². The predicted molar refractivity (Wildman–Crippen MR) is 116 cm³/mol. The zero-order chi connectivity index (χ0) is 20.7. The molecule has 162 valence electrons. The largest absolute Gasteiger partial charge is 0.393 e. The van der Waals surface area contributed by atoms with Crippen molar-refractivity contribution >= 4 is 5.71 Å². The van der Waals surface area contributed by atoms with Gasteiger partial charge in [-0.25, -0.2) is 0 Å². The van der Waals surface area contributed by atoms with Gasteiger partial charge in [-0.2, -0.15) is 0 Å². The second-order valence-electron chi connectivity index (χ2n) is 12.0. The number of oxime groups is 1. The Labute approximate surface area is 176 Å². The van der Waals surface area contributed by atoms with Gasteiger partial charge in [0.1, 0.15) is 5.60 Å². The van der Waals surface area contributed by atoms with Crippen LogP contribution in [-0.4, -0.2) is 29.1 Å². The fourth-order valence-corrected chi connectivity index (χ4v) is 7.93. The smallest absolute Gasteiger partial charge is 0.144 e. The molecule has 29 heavy (non-hydrogen) atoms. The Morgan fingerprint density at radius 1 is 1.14 bits per heavy atom. The van der Waals surface area contributed by atoms with Crippen LogP contribution in [0, 0.1) is 34.0 Å². The number of aliphatic hydroxyl groups is 1. The Bertz CT molecular complexity index is 752. The molecule has 0 bridgehead atoms. The van der Waals surface area contributed by atoms with Crippen molar-refractivity contribution in [2.75, 3.05) is 6.54 Å². The van der Waals surface area contributed by atoms with E-state index in [4.69, 9.17) is 15.7 Å². The van der Waals surface area contributed by atoms with Crippen molar-refractivity contribution in [3.05, 3.63) is 11.6 Å². The van der Waals surface area contributed by atoms with E-state index in [-0.39, 0.29) is 16.9 Å². The van der Waals surface area contributed by atoms with Crippen molar-refractivity contribution < 1.29 is 9.94 Å². The van der Waals surface area contributed by atoms with Gasteiger partial charge in [-0.3, -0.25) is 0 Å². The third-order valence-electron chi connectivity index (χ3n) is 10.0. The Balaban J connectivity index is 1.45. The Morgan fingerprint density at radius 2 is 1.90 bits per heavy atom. The summed E-state index contributed by atoms with van der Waals surface area (Å²) in [7, 11) is 0. The van der Waals surface area contributed by atoms with Crippen LogP contribution in [-0.2, 0) is 4.84 Å². The molecule has 5 rings (SSSR count). The zero-order valence-corrected chi connectivity index (χ0v) is 18.8. The van der Waals surface area contributed by atoms with Crippen molar-refractivity contribution in [2.45, 2.75) is 97.2 Å². The molecule has 0 amide bonds. The van der Waals surface area contributed by atoms with Crippen LogP contribution in [0.3, 0.4) is 0 Å². The lowest BCUT2D eigenvalue weighted by Gasteiger charge is -2.58. The van der Waals surface area contributed by atoms with Crippen LogP contribution in [0.5, 0.6) is 0 Å². The minimum atomic E-state index is -0.396. The maximum atomic E-state index is 10.7. The average Bonchev–Trinajstić information content (AvgIpc) is 3.40. The van der Waals surface area contributed by atoms with E-state index in [1.54, 1.807) is 5.57 Å². The molecule has 0 aliphatic heterocycles. The lowest BCUT2D eigenvalue weighted by Crippen LogP contribution is -2.52. The molecule has 0 saturated heterocycles. The summed E-state index contributed by atoms with van der Waals surface area (Å²) < 4.78 is 0. The highest BCUT2D eigenvalue weighted by Gasteiger charge is 2.64. The quantitative estimate of drug-likeness (QED) is 0.528. The number of hydrogen-bond acceptors (Lipinski definition) is 4. The van der Waals surface area contributed by atoms with Gasteiger partial charge in [0.25, 0.3) is 0 Å². The highest BCUT2D eigenvalue weighted by atomic mass is 16.6. The first-order chi connectivity index (χ1) is 13.7. The lowest BCUT2D eigenvalue weighted by molar-refractivity contribution is -0.0661. The summed E-state index contributed by atoms with van der Waals surface area (Å²) in [5.41, 5.74) is 9.05. The summed E-state index contributed by atoms with van der Waals surface area (Å²) in [6.45, 7) is 9.45. The first-order valence-corrected chi connectivity index (χ1v) is 12.0. The van der Waals surface area contributed by atoms with E-state index in [1.807, 2.05) is 13.8 Å². The minimum absolute atomic E-state index is 0.0884.